The fraction of sp³-hybridized carbons (Fsp3) is 0.933. The van der Waals surface area contributed by atoms with Crippen LogP contribution in [0.4, 0.5) is 0 Å². The third kappa shape index (κ3) is 3.96. The van der Waals surface area contributed by atoms with Crippen molar-refractivity contribution in [1.82, 2.24) is 10.6 Å². The molecule has 0 amide bonds. The third-order valence-electron chi connectivity index (χ3n) is 4.67. The summed E-state index contributed by atoms with van der Waals surface area (Å²) in [7, 11) is 1.17. The molecule has 2 aliphatic carbocycles. The minimum absolute atomic E-state index is 0.363. The Balaban J connectivity index is 1.83. The van der Waals surface area contributed by atoms with E-state index in [1.807, 2.05) is 14.0 Å². The second-order valence-corrected chi connectivity index (χ2v) is 8.77. The summed E-state index contributed by atoms with van der Waals surface area (Å²) in [6.45, 7) is 6.57. The van der Waals surface area contributed by atoms with Crippen LogP contribution >= 0.6 is 0 Å². The first-order valence-corrected chi connectivity index (χ1v) is 9.21. The molecule has 5 heteroatoms. The van der Waals surface area contributed by atoms with Crippen molar-refractivity contribution in [3.8, 4) is 0 Å². The number of nitrogens with one attached hydrogen (secondary N) is 2. The van der Waals surface area contributed by atoms with Gasteiger partial charge in [-0.25, -0.2) is 0 Å². The topological polar surface area (TPSA) is 53.5 Å². The SMILES string of the molecule is CCS(=O)C1CCCC(NC(=NC)NC2CC2(C)C)C1. The fourth-order valence-electron chi connectivity index (χ4n) is 2.99. The van der Waals surface area contributed by atoms with Gasteiger partial charge in [0.1, 0.15) is 0 Å². The van der Waals surface area contributed by atoms with Gasteiger partial charge in [-0.1, -0.05) is 27.2 Å². The van der Waals surface area contributed by atoms with Crippen molar-refractivity contribution in [2.24, 2.45) is 10.4 Å². The number of nitrogens with zero attached hydrogens (tertiary/aromatic N) is 1. The summed E-state index contributed by atoms with van der Waals surface area (Å²) >= 11 is 0. The summed E-state index contributed by atoms with van der Waals surface area (Å²) in [6, 6.07) is 0.954. The van der Waals surface area contributed by atoms with E-state index in [0.717, 1.165) is 31.0 Å². The maximum atomic E-state index is 12.0. The van der Waals surface area contributed by atoms with Gasteiger partial charge in [-0.15, -0.1) is 0 Å². The largest absolute Gasteiger partial charge is 0.354 e. The lowest BCUT2D eigenvalue weighted by atomic mass is 9.95. The van der Waals surface area contributed by atoms with E-state index in [9.17, 15) is 4.21 Å². The molecule has 0 aromatic carbocycles. The van der Waals surface area contributed by atoms with E-state index in [1.165, 1.54) is 12.8 Å². The molecule has 2 rings (SSSR count). The van der Waals surface area contributed by atoms with Crippen molar-refractivity contribution < 1.29 is 4.21 Å². The Bertz CT molecular complexity index is 395. The lowest BCUT2D eigenvalue weighted by molar-refractivity contribution is 0.412. The van der Waals surface area contributed by atoms with Gasteiger partial charge in [0.15, 0.2) is 5.96 Å². The van der Waals surface area contributed by atoms with Crippen molar-refractivity contribution in [1.29, 1.82) is 0 Å². The van der Waals surface area contributed by atoms with Crippen LogP contribution in [0.15, 0.2) is 4.99 Å². The average molecular weight is 299 g/mol. The zero-order chi connectivity index (χ0) is 14.8. The normalized spacial score (nSPS) is 34.4. The van der Waals surface area contributed by atoms with Crippen LogP contribution in [-0.4, -0.2) is 40.3 Å². The highest BCUT2D eigenvalue weighted by molar-refractivity contribution is 7.85. The zero-order valence-corrected chi connectivity index (χ0v) is 14.1. The van der Waals surface area contributed by atoms with Gasteiger partial charge in [-0.2, -0.15) is 0 Å². The maximum Gasteiger partial charge on any atom is 0.191 e. The van der Waals surface area contributed by atoms with Crippen molar-refractivity contribution in [3.05, 3.63) is 0 Å². The molecule has 2 fully saturated rings. The predicted octanol–water partition coefficient (Wildman–Crippen LogP) is 2.03. The first-order chi connectivity index (χ1) is 9.46. The number of aliphatic imine (C=N–C) groups is 1. The number of guanidine groups is 1. The molecule has 0 radical (unpaired) electrons. The lowest BCUT2D eigenvalue weighted by Crippen LogP contribution is -2.47. The molecule has 0 heterocycles. The highest BCUT2D eigenvalue weighted by atomic mass is 32.2. The maximum absolute atomic E-state index is 12.0. The summed E-state index contributed by atoms with van der Waals surface area (Å²) in [4.78, 5) is 4.34. The monoisotopic (exact) mass is 299 g/mol. The summed E-state index contributed by atoms with van der Waals surface area (Å²) in [5.74, 6) is 1.69. The van der Waals surface area contributed by atoms with Crippen molar-refractivity contribution >= 4 is 16.8 Å². The zero-order valence-electron chi connectivity index (χ0n) is 13.2. The third-order valence-corrected chi connectivity index (χ3v) is 6.41. The summed E-state index contributed by atoms with van der Waals surface area (Å²) in [6.07, 6.45) is 5.66. The minimum Gasteiger partial charge on any atom is -0.354 e. The van der Waals surface area contributed by atoms with Gasteiger partial charge in [0.2, 0.25) is 0 Å². The molecular weight excluding hydrogens is 270 g/mol. The average Bonchev–Trinajstić information content (AvgIpc) is 3.04. The Hall–Kier alpha value is -0.580. The van der Waals surface area contributed by atoms with Gasteiger partial charge in [0, 0.05) is 40.9 Å². The number of rotatable bonds is 4. The van der Waals surface area contributed by atoms with Crippen LogP contribution in [0.2, 0.25) is 0 Å². The van der Waals surface area contributed by atoms with Crippen LogP contribution in [-0.2, 0) is 10.8 Å². The molecule has 0 spiro atoms. The van der Waals surface area contributed by atoms with Crippen LogP contribution in [0.5, 0.6) is 0 Å². The molecule has 0 aliphatic heterocycles. The van der Waals surface area contributed by atoms with E-state index < -0.39 is 10.8 Å². The van der Waals surface area contributed by atoms with Crippen LogP contribution in [0.1, 0.15) is 52.9 Å². The second kappa shape index (κ2) is 6.46. The molecule has 4 unspecified atom stereocenters. The van der Waals surface area contributed by atoms with E-state index in [0.29, 0.717) is 22.7 Å². The quantitative estimate of drug-likeness (QED) is 0.617. The Morgan fingerprint density at radius 2 is 2.05 bits per heavy atom. The van der Waals surface area contributed by atoms with E-state index in [4.69, 9.17) is 0 Å². The molecular formula is C15H29N3OS. The molecule has 2 aliphatic rings. The summed E-state index contributed by atoms with van der Waals surface area (Å²) in [5, 5.41) is 7.39. The van der Waals surface area contributed by atoms with E-state index in [2.05, 4.69) is 29.5 Å². The van der Waals surface area contributed by atoms with Gasteiger partial charge in [-0.3, -0.25) is 9.20 Å². The van der Waals surface area contributed by atoms with Crippen molar-refractivity contribution in [3.63, 3.8) is 0 Å². The Labute approximate surface area is 125 Å². The fourth-order valence-corrected chi connectivity index (χ4v) is 4.34. The van der Waals surface area contributed by atoms with Crippen LogP contribution < -0.4 is 10.6 Å². The van der Waals surface area contributed by atoms with Crippen LogP contribution in [0.3, 0.4) is 0 Å². The van der Waals surface area contributed by atoms with Crippen LogP contribution in [0.25, 0.3) is 0 Å². The van der Waals surface area contributed by atoms with Gasteiger partial charge in [0.05, 0.1) is 0 Å². The number of hydrogen-bond acceptors (Lipinski definition) is 2. The minimum atomic E-state index is -0.662. The Morgan fingerprint density at radius 3 is 2.60 bits per heavy atom. The Morgan fingerprint density at radius 1 is 1.35 bits per heavy atom. The van der Waals surface area contributed by atoms with Crippen molar-refractivity contribution in [2.75, 3.05) is 12.8 Å². The standard InChI is InChI=1S/C15H29N3OS/c1-5-20(19)12-8-6-7-11(9-12)17-14(16-4)18-13-10-15(13,2)3/h11-13H,5-10H2,1-4H3,(H2,16,17,18). The molecule has 2 N–H and O–H groups in total. The molecule has 0 aromatic heterocycles. The van der Waals surface area contributed by atoms with E-state index in [1.54, 1.807) is 0 Å². The van der Waals surface area contributed by atoms with Crippen LogP contribution in [0, 0.1) is 5.41 Å². The summed E-state index contributed by atoms with van der Waals surface area (Å²) in [5.41, 5.74) is 0.399. The van der Waals surface area contributed by atoms with Gasteiger partial charge in [0.25, 0.3) is 0 Å². The molecule has 0 aromatic rings. The molecule has 4 nitrogen and oxygen atoms in total. The van der Waals surface area contributed by atoms with Gasteiger partial charge >= 0.3 is 0 Å². The summed E-state index contributed by atoms with van der Waals surface area (Å²) < 4.78 is 12.0. The highest BCUT2D eigenvalue weighted by Gasteiger charge is 2.46. The molecule has 116 valence electrons. The first kappa shape index (κ1) is 15.8. The molecule has 2 saturated carbocycles. The lowest BCUT2D eigenvalue weighted by Gasteiger charge is -2.30. The predicted molar refractivity (Wildman–Crippen MR) is 86.5 cm³/mol. The second-order valence-electron chi connectivity index (χ2n) is 6.76. The van der Waals surface area contributed by atoms with E-state index in [-0.39, 0.29) is 0 Å². The van der Waals surface area contributed by atoms with E-state index >= 15 is 0 Å². The smallest absolute Gasteiger partial charge is 0.191 e. The van der Waals surface area contributed by atoms with Gasteiger partial charge in [-0.05, 0) is 31.1 Å². The molecule has 0 bridgehead atoms. The van der Waals surface area contributed by atoms with Crippen molar-refractivity contribution in [2.45, 2.75) is 70.2 Å². The molecule has 0 saturated heterocycles. The molecule has 20 heavy (non-hydrogen) atoms. The van der Waals surface area contributed by atoms with Gasteiger partial charge < -0.3 is 10.6 Å². The molecule has 4 atom stereocenters. The first-order valence-electron chi connectivity index (χ1n) is 7.83. The highest BCUT2D eigenvalue weighted by Crippen LogP contribution is 2.44. The Kier molecular flexibility index (Phi) is 5.10. The number of hydrogen-bond donors (Lipinski definition) is 2.